The molecule has 0 bridgehead atoms. The molecule has 3 aromatic heterocycles. The summed E-state index contributed by atoms with van der Waals surface area (Å²) in [6.07, 6.45) is 1.29. The minimum atomic E-state index is -0.671. The summed E-state index contributed by atoms with van der Waals surface area (Å²) in [5, 5.41) is 2.60. The Kier molecular flexibility index (Phi) is 4.56. The maximum absolute atomic E-state index is 13.2. The van der Waals surface area contributed by atoms with Crippen LogP contribution >= 0.6 is 22.7 Å². The van der Waals surface area contributed by atoms with Crippen LogP contribution in [0.5, 0.6) is 0 Å². The molecule has 0 spiro atoms. The zero-order valence-electron chi connectivity index (χ0n) is 13.8. The first-order valence-electron chi connectivity index (χ1n) is 7.87. The minimum absolute atomic E-state index is 0.178. The van der Waals surface area contributed by atoms with Crippen molar-refractivity contribution in [3.8, 4) is 10.4 Å². The second kappa shape index (κ2) is 6.49. The Morgan fingerprint density at radius 2 is 2.17 bits per heavy atom. The molecule has 0 fully saturated rings. The molecule has 1 amide bonds. The highest BCUT2D eigenvalue weighted by Crippen LogP contribution is 2.39. The van der Waals surface area contributed by atoms with Gasteiger partial charge < -0.3 is 5.73 Å². The Balaban J connectivity index is 2.41. The maximum atomic E-state index is 13.2. The standard InChI is InChI=1S/C17H19N3O2S2/c1-4-10(15(18)21)20-9(3)19-16-14(17(20)22)13(11(5-2)24-16)12-7-6-8-23-12/h6-8,10H,4-5H2,1-3H3,(H2,18,21). The van der Waals surface area contributed by atoms with Gasteiger partial charge in [0.15, 0.2) is 0 Å². The van der Waals surface area contributed by atoms with Gasteiger partial charge >= 0.3 is 0 Å². The molecule has 5 nitrogen and oxygen atoms in total. The van der Waals surface area contributed by atoms with Crippen LogP contribution in [-0.2, 0) is 11.2 Å². The van der Waals surface area contributed by atoms with Crippen LogP contribution in [0.2, 0.25) is 0 Å². The summed E-state index contributed by atoms with van der Waals surface area (Å²) in [5.74, 6) is 0.0206. The number of hydrogen-bond donors (Lipinski definition) is 1. The summed E-state index contributed by atoms with van der Waals surface area (Å²) in [4.78, 5) is 32.5. The summed E-state index contributed by atoms with van der Waals surface area (Å²) in [6, 6.07) is 3.32. The number of carbonyl (C=O) groups excluding carboxylic acids is 1. The lowest BCUT2D eigenvalue weighted by Gasteiger charge is -2.17. The Hall–Kier alpha value is -1.99. The number of nitrogens with zero attached hydrogens (tertiary/aromatic N) is 2. The quantitative estimate of drug-likeness (QED) is 0.755. The number of hydrogen-bond acceptors (Lipinski definition) is 5. The number of carbonyl (C=O) groups is 1. The van der Waals surface area contributed by atoms with E-state index >= 15 is 0 Å². The third-order valence-corrected chi connectivity index (χ3v) is 6.24. The van der Waals surface area contributed by atoms with Gasteiger partial charge in [-0.05, 0) is 31.2 Å². The molecule has 0 saturated heterocycles. The van der Waals surface area contributed by atoms with Crippen LogP contribution in [0.25, 0.3) is 20.7 Å². The van der Waals surface area contributed by atoms with Crippen LogP contribution in [-0.4, -0.2) is 15.5 Å². The highest BCUT2D eigenvalue weighted by Gasteiger charge is 2.25. The second-order valence-corrected chi connectivity index (χ2v) is 7.60. The van der Waals surface area contributed by atoms with Crippen molar-refractivity contribution >= 4 is 38.8 Å². The van der Waals surface area contributed by atoms with E-state index < -0.39 is 11.9 Å². The SMILES string of the molecule is CCc1sc2nc(C)n(C(CC)C(N)=O)c(=O)c2c1-c1cccs1. The summed E-state index contributed by atoms with van der Waals surface area (Å²) < 4.78 is 1.45. The molecule has 126 valence electrons. The van der Waals surface area contributed by atoms with E-state index in [1.165, 1.54) is 4.57 Å². The van der Waals surface area contributed by atoms with Crippen LogP contribution in [0.3, 0.4) is 0 Å². The number of fused-ring (bicyclic) bond motifs is 1. The van der Waals surface area contributed by atoms with Gasteiger partial charge in [0, 0.05) is 15.3 Å². The first kappa shape index (κ1) is 16.9. The van der Waals surface area contributed by atoms with E-state index in [1.54, 1.807) is 29.6 Å². The normalized spacial score (nSPS) is 12.6. The van der Waals surface area contributed by atoms with Crippen molar-refractivity contribution in [1.82, 2.24) is 9.55 Å². The number of primary amides is 1. The zero-order valence-corrected chi connectivity index (χ0v) is 15.5. The number of aryl methyl sites for hydroxylation is 2. The fraction of sp³-hybridized carbons (Fsp3) is 0.353. The molecular weight excluding hydrogens is 342 g/mol. The van der Waals surface area contributed by atoms with E-state index in [4.69, 9.17) is 5.73 Å². The van der Waals surface area contributed by atoms with E-state index in [1.807, 2.05) is 24.4 Å². The highest BCUT2D eigenvalue weighted by molar-refractivity contribution is 7.20. The second-order valence-electron chi connectivity index (χ2n) is 5.57. The topological polar surface area (TPSA) is 78.0 Å². The molecule has 0 radical (unpaired) electrons. The lowest BCUT2D eigenvalue weighted by atomic mass is 10.1. The molecule has 0 aliphatic rings. The number of nitrogens with two attached hydrogens (primary N) is 1. The number of thiophene rings is 2. The minimum Gasteiger partial charge on any atom is -0.368 e. The van der Waals surface area contributed by atoms with Crippen LogP contribution in [0, 0.1) is 6.92 Å². The van der Waals surface area contributed by atoms with Crippen molar-refractivity contribution in [2.45, 2.75) is 39.7 Å². The molecule has 1 atom stereocenters. The van der Waals surface area contributed by atoms with Crippen molar-refractivity contribution in [3.63, 3.8) is 0 Å². The average molecular weight is 361 g/mol. The van der Waals surface area contributed by atoms with Crippen LogP contribution < -0.4 is 11.3 Å². The van der Waals surface area contributed by atoms with Gasteiger partial charge in [-0.25, -0.2) is 4.98 Å². The molecule has 7 heteroatoms. The monoisotopic (exact) mass is 361 g/mol. The number of rotatable bonds is 5. The van der Waals surface area contributed by atoms with Crippen molar-refractivity contribution in [1.29, 1.82) is 0 Å². The van der Waals surface area contributed by atoms with E-state index in [0.29, 0.717) is 17.6 Å². The molecular formula is C17H19N3O2S2. The molecule has 0 aliphatic carbocycles. The van der Waals surface area contributed by atoms with Gasteiger partial charge in [-0.2, -0.15) is 0 Å². The molecule has 2 N–H and O–H groups in total. The predicted octanol–water partition coefficient (Wildman–Crippen LogP) is 3.49. The Morgan fingerprint density at radius 3 is 2.71 bits per heavy atom. The van der Waals surface area contributed by atoms with E-state index in [9.17, 15) is 9.59 Å². The summed E-state index contributed by atoms with van der Waals surface area (Å²) >= 11 is 3.16. The van der Waals surface area contributed by atoms with Gasteiger partial charge in [-0.1, -0.05) is 19.9 Å². The van der Waals surface area contributed by atoms with Gasteiger partial charge in [-0.15, -0.1) is 22.7 Å². The third kappa shape index (κ3) is 2.57. The maximum Gasteiger partial charge on any atom is 0.263 e. The van der Waals surface area contributed by atoms with Crippen LogP contribution in [0.15, 0.2) is 22.3 Å². The highest BCUT2D eigenvalue weighted by atomic mass is 32.1. The molecule has 0 aromatic carbocycles. The predicted molar refractivity (Wildman–Crippen MR) is 99.8 cm³/mol. The van der Waals surface area contributed by atoms with E-state index in [-0.39, 0.29) is 5.56 Å². The van der Waals surface area contributed by atoms with Crippen molar-refractivity contribution < 1.29 is 4.79 Å². The van der Waals surface area contributed by atoms with Crippen molar-refractivity contribution in [2.24, 2.45) is 5.73 Å². The first-order valence-corrected chi connectivity index (χ1v) is 9.56. The smallest absolute Gasteiger partial charge is 0.263 e. The number of aromatic nitrogens is 2. The first-order chi connectivity index (χ1) is 11.5. The molecule has 0 saturated carbocycles. The van der Waals surface area contributed by atoms with Crippen molar-refractivity contribution in [3.05, 3.63) is 38.6 Å². The molecule has 3 aromatic rings. The van der Waals surface area contributed by atoms with E-state index in [2.05, 4.69) is 11.9 Å². The lowest BCUT2D eigenvalue weighted by Crippen LogP contribution is -2.35. The van der Waals surface area contributed by atoms with Gasteiger partial charge in [-0.3, -0.25) is 14.2 Å². The molecule has 3 rings (SSSR count). The molecule has 3 heterocycles. The summed E-state index contributed by atoms with van der Waals surface area (Å²) in [5.41, 5.74) is 6.28. The summed E-state index contributed by atoms with van der Waals surface area (Å²) in [7, 11) is 0. The van der Waals surface area contributed by atoms with Gasteiger partial charge in [0.1, 0.15) is 16.7 Å². The zero-order chi connectivity index (χ0) is 17.4. The van der Waals surface area contributed by atoms with E-state index in [0.717, 1.165) is 26.6 Å². The van der Waals surface area contributed by atoms with Gasteiger partial charge in [0.2, 0.25) is 5.91 Å². The molecule has 24 heavy (non-hydrogen) atoms. The Morgan fingerprint density at radius 1 is 1.42 bits per heavy atom. The van der Waals surface area contributed by atoms with Crippen molar-refractivity contribution in [2.75, 3.05) is 0 Å². The lowest BCUT2D eigenvalue weighted by molar-refractivity contribution is -0.121. The number of amides is 1. The summed E-state index contributed by atoms with van der Waals surface area (Å²) in [6.45, 7) is 5.67. The van der Waals surface area contributed by atoms with Gasteiger partial charge in [0.05, 0.1) is 5.39 Å². The molecule has 0 aliphatic heterocycles. The van der Waals surface area contributed by atoms with Crippen LogP contribution in [0.1, 0.15) is 37.0 Å². The Labute approximate surface area is 147 Å². The molecule has 1 unspecified atom stereocenters. The fourth-order valence-electron chi connectivity index (χ4n) is 3.02. The third-order valence-electron chi connectivity index (χ3n) is 4.12. The van der Waals surface area contributed by atoms with Crippen LogP contribution in [0.4, 0.5) is 0 Å². The van der Waals surface area contributed by atoms with Gasteiger partial charge in [0.25, 0.3) is 5.56 Å². The largest absolute Gasteiger partial charge is 0.368 e. The fourth-order valence-corrected chi connectivity index (χ4v) is 5.05. The average Bonchev–Trinajstić information content (AvgIpc) is 3.17. The Bertz CT molecular complexity index is 955.